The molecule has 0 saturated heterocycles. The van der Waals surface area contributed by atoms with Crippen molar-refractivity contribution in [1.82, 2.24) is 5.32 Å². The Labute approximate surface area is 122 Å². The van der Waals surface area contributed by atoms with Gasteiger partial charge in [-0.05, 0) is 36.3 Å². The Morgan fingerprint density at radius 3 is 2.84 bits per heavy atom. The molecule has 0 bridgehead atoms. The SMILES string of the molecule is CCCCC(CC)COCCNCc1sccc1C. The van der Waals surface area contributed by atoms with Gasteiger partial charge in [0, 0.05) is 24.6 Å². The molecule has 0 saturated carbocycles. The van der Waals surface area contributed by atoms with E-state index < -0.39 is 0 Å². The summed E-state index contributed by atoms with van der Waals surface area (Å²) in [5, 5.41) is 5.60. The van der Waals surface area contributed by atoms with Crippen molar-refractivity contribution in [3.63, 3.8) is 0 Å². The second kappa shape index (κ2) is 10.4. The standard InChI is InChI=1S/C16H29NOS/c1-4-6-7-15(5-2)13-18-10-9-17-12-16-14(3)8-11-19-16/h8,11,15,17H,4-7,9-10,12-13H2,1-3H3. The summed E-state index contributed by atoms with van der Waals surface area (Å²) in [5.74, 6) is 0.750. The van der Waals surface area contributed by atoms with Crippen molar-refractivity contribution in [2.24, 2.45) is 5.92 Å². The smallest absolute Gasteiger partial charge is 0.0591 e. The van der Waals surface area contributed by atoms with Crippen LogP contribution in [0.3, 0.4) is 0 Å². The number of unbranched alkanes of at least 4 members (excludes halogenated alkanes) is 1. The molecule has 1 N–H and O–H groups in total. The molecule has 2 nitrogen and oxygen atoms in total. The van der Waals surface area contributed by atoms with Crippen LogP contribution in [0.15, 0.2) is 11.4 Å². The lowest BCUT2D eigenvalue weighted by atomic mass is 10.0. The van der Waals surface area contributed by atoms with Crippen LogP contribution in [-0.2, 0) is 11.3 Å². The van der Waals surface area contributed by atoms with Gasteiger partial charge in [-0.25, -0.2) is 0 Å². The Morgan fingerprint density at radius 2 is 2.21 bits per heavy atom. The second-order valence-corrected chi connectivity index (χ2v) is 6.20. The first-order valence-electron chi connectivity index (χ1n) is 7.59. The van der Waals surface area contributed by atoms with Crippen molar-refractivity contribution in [2.75, 3.05) is 19.8 Å². The van der Waals surface area contributed by atoms with E-state index in [9.17, 15) is 0 Å². The molecule has 0 radical (unpaired) electrons. The van der Waals surface area contributed by atoms with Gasteiger partial charge in [0.15, 0.2) is 0 Å². The maximum absolute atomic E-state index is 5.77. The fourth-order valence-electron chi connectivity index (χ4n) is 2.08. The normalized spacial score (nSPS) is 12.8. The van der Waals surface area contributed by atoms with Gasteiger partial charge in [-0.1, -0.05) is 33.1 Å². The molecule has 0 aromatic carbocycles. The maximum Gasteiger partial charge on any atom is 0.0591 e. The predicted octanol–water partition coefficient (Wildman–Crippen LogP) is 4.38. The number of aryl methyl sites for hydroxylation is 1. The molecular weight excluding hydrogens is 254 g/mol. The van der Waals surface area contributed by atoms with E-state index in [1.54, 1.807) is 0 Å². The lowest BCUT2D eigenvalue weighted by Crippen LogP contribution is -2.20. The highest BCUT2D eigenvalue weighted by Gasteiger charge is 2.05. The van der Waals surface area contributed by atoms with Crippen LogP contribution in [0.2, 0.25) is 0 Å². The zero-order valence-electron chi connectivity index (χ0n) is 12.7. The minimum absolute atomic E-state index is 0.750. The van der Waals surface area contributed by atoms with Gasteiger partial charge in [-0.2, -0.15) is 0 Å². The fourth-order valence-corrected chi connectivity index (χ4v) is 2.96. The molecule has 1 rings (SSSR count). The molecule has 1 atom stereocenters. The second-order valence-electron chi connectivity index (χ2n) is 5.19. The molecule has 1 aromatic heterocycles. The monoisotopic (exact) mass is 283 g/mol. The Bertz CT molecular complexity index is 324. The zero-order valence-corrected chi connectivity index (χ0v) is 13.5. The number of hydrogen-bond donors (Lipinski definition) is 1. The van der Waals surface area contributed by atoms with Crippen LogP contribution in [0.25, 0.3) is 0 Å². The predicted molar refractivity (Wildman–Crippen MR) is 84.9 cm³/mol. The number of thiophene rings is 1. The van der Waals surface area contributed by atoms with Crippen molar-refractivity contribution in [2.45, 2.75) is 53.0 Å². The van der Waals surface area contributed by atoms with Gasteiger partial charge in [0.1, 0.15) is 0 Å². The summed E-state index contributed by atoms with van der Waals surface area (Å²) in [5.41, 5.74) is 1.39. The van der Waals surface area contributed by atoms with Gasteiger partial charge in [0.25, 0.3) is 0 Å². The van der Waals surface area contributed by atoms with Gasteiger partial charge in [0.05, 0.1) is 6.61 Å². The maximum atomic E-state index is 5.77. The van der Waals surface area contributed by atoms with Crippen molar-refractivity contribution in [3.8, 4) is 0 Å². The van der Waals surface area contributed by atoms with Crippen LogP contribution in [0.5, 0.6) is 0 Å². The molecule has 0 spiro atoms. The summed E-state index contributed by atoms with van der Waals surface area (Å²) in [4.78, 5) is 1.44. The van der Waals surface area contributed by atoms with E-state index in [4.69, 9.17) is 4.74 Å². The third-order valence-corrected chi connectivity index (χ3v) is 4.60. The van der Waals surface area contributed by atoms with E-state index >= 15 is 0 Å². The van der Waals surface area contributed by atoms with E-state index in [0.717, 1.165) is 32.2 Å². The van der Waals surface area contributed by atoms with Crippen LogP contribution in [0.1, 0.15) is 50.0 Å². The van der Waals surface area contributed by atoms with Crippen LogP contribution in [-0.4, -0.2) is 19.8 Å². The Hall–Kier alpha value is -0.380. The highest BCUT2D eigenvalue weighted by Crippen LogP contribution is 2.15. The molecule has 1 aromatic rings. The number of hydrogen-bond acceptors (Lipinski definition) is 3. The van der Waals surface area contributed by atoms with Crippen molar-refractivity contribution < 1.29 is 4.74 Å². The average molecular weight is 283 g/mol. The van der Waals surface area contributed by atoms with Crippen molar-refractivity contribution >= 4 is 11.3 Å². The van der Waals surface area contributed by atoms with Gasteiger partial charge >= 0.3 is 0 Å². The topological polar surface area (TPSA) is 21.3 Å². The van der Waals surface area contributed by atoms with Crippen molar-refractivity contribution in [3.05, 3.63) is 21.9 Å². The first-order valence-corrected chi connectivity index (χ1v) is 8.47. The molecule has 1 unspecified atom stereocenters. The largest absolute Gasteiger partial charge is 0.380 e. The number of ether oxygens (including phenoxy) is 1. The zero-order chi connectivity index (χ0) is 13.9. The van der Waals surface area contributed by atoms with Gasteiger partial charge in [0.2, 0.25) is 0 Å². The van der Waals surface area contributed by atoms with E-state index in [0.29, 0.717) is 0 Å². The highest BCUT2D eigenvalue weighted by molar-refractivity contribution is 7.10. The molecule has 0 aliphatic rings. The van der Waals surface area contributed by atoms with Gasteiger partial charge in [-0.3, -0.25) is 0 Å². The fraction of sp³-hybridized carbons (Fsp3) is 0.750. The summed E-state index contributed by atoms with van der Waals surface area (Å²) < 4.78 is 5.77. The van der Waals surface area contributed by atoms with Gasteiger partial charge in [-0.15, -0.1) is 11.3 Å². The summed E-state index contributed by atoms with van der Waals surface area (Å²) in [6, 6.07) is 2.18. The quantitative estimate of drug-likeness (QED) is 0.609. The molecular formula is C16H29NOS. The van der Waals surface area contributed by atoms with Crippen LogP contribution < -0.4 is 5.32 Å². The lowest BCUT2D eigenvalue weighted by Gasteiger charge is -2.14. The number of nitrogens with one attached hydrogen (secondary N) is 1. The minimum atomic E-state index is 0.750. The molecule has 0 amide bonds. The summed E-state index contributed by atoms with van der Waals surface area (Å²) in [6.45, 7) is 10.4. The Balaban J connectivity index is 2.00. The van der Waals surface area contributed by atoms with Crippen LogP contribution in [0, 0.1) is 12.8 Å². The third kappa shape index (κ3) is 7.09. The first-order chi connectivity index (χ1) is 9.27. The summed E-state index contributed by atoms with van der Waals surface area (Å²) in [7, 11) is 0. The first kappa shape index (κ1) is 16.7. The molecule has 0 fully saturated rings. The highest BCUT2D eigenvalue weighted by atomic mass is 32.1. The van der Waals surface area contributed by atoms with E-state index in [2.05, 4.69) is 37.5 Å². The lowest BCUT2D eigenvalue weighted by molar-refractivity contribution is 0.0956. The Morgan fingerprint density at radius 1 is 1.37 bits per heavy atom. The van der Waals surface area contributed by atoms with E-state index in [1.165, 1.54) is 36.1 Å². The summed E-state index contributed by atoms with van der Waals surface area (Å²) >= 11 is 1.83. The summed E-state index contributed by atoms with van der Waals surface area (Å²) in [6.07, 6.45) is 5.17. The Kier molecular flexibility index (Phi) is 9.14. The average Bonchev–Trinajstić information content (AvgIpc) is 2.82. The van der Waals surface area contributed by atoms with Gasteiger partial charge < -0.3 is 10.1 Å². The van der Waals surface area contributed by atoms with E-state index in [1.807, 2.05) is 11.3 Å². The van der Waals surface area contributed by atoms with Crippen LogP contribution >= 0.6 is 11.3 Å². The minimum Gasteiger partial charge on any atom is -0.380 e. The molecule has 19 heavy (non-hydrogen) atoms. The molecule has 3 heteroatoms. The third-order valence-electron chi connectivity index (χ3n) is 3.57. The molecule has 110 valence electrons. The molecule has 0 aliphatic heterocycles. The molecule has 1 heterocycles. The van der Waals surface area contributed by atoms with E-state index in [-0.39, 0.29) is 0 Å². The number of rotatable bonds is 11. The van der Waals surface area contributed by atoms with Crippen LogP contribution in [0.4, 0.5) is 0 Å². The molecule has 0 aliphatic carbocycles. The van der Waals surface area contributed by atoms with Crippen molar-refractivity contribution in [1.29, 1.82) is 0 Å².